The number of hydrogen-bond acceptors (Lipinski definition) is 3. The van der Waals surface area contributed by atoms with Crippen LogP contribution in [0.25, 0.3) is 10.9 Å². The Hall–Kier alpha value is -2.50. The normalized spacial score (nSPS) is 29.8. The number of fused-ring (bicyclic) bond motifs is 1. The quantitative estimate of drug-likeness (QED) is 0.549. The van der Waals surface area contributed by atoms with Crippen molar-refractivity contribution in [3.05, 3.63) is 36.0 Å². The number of aliphatic carboxylic acids is 1. The molecule has 4 aliphatic rings. The van der Waals surface area contributed by atoms with Crippen LogP contribution in [0.3, 0.4) is 0 Å². The van der Waals surface area contributed by atoms with E-state index in [1.54, 1.807) is 0 Å². The first-order valence-electron chi connectivity index (χ1n) is 12.0. The Kier molecular flexibility index (Phi) is 5.22. The van der Waals surface area contributed by atoms with Crippen LogP contribution in [-0.2, 0) is 16.0 Å². The van der Waals surface area contributed by atoms with Crippen molar-refractivity contribution in [3.8, 4) is 0 Å². The summed E-state index contributed by atoms with van der Waals surface area (Å²) in [5.74, 6) is 1.47. The van der Waals surface area contributed by atoms with Crippen LogP contribution in [0.1, 0.15) is 64.4 Å². The van der Waals surface area contributed by atoms with E-state index in [0.29, 0.717) is 0 Å². The molecule has 3 N–H and O–H groups in total. The fraction of sp³-hybridized carbons (Fsp3) is 0.615. The number of aromatic nitrogens is 1. The number of amides is 1. The summed E-state index contributed by atoms with van der Waals surface area (Å²) >= 11 is 0. The molecule has 6 rings (SSSR count). The lowest BCUT2D eigenvalue weighted by atomic mass is 9.48. The monoisotopic (exact) mass is 438 g/mol. The lowest BCUT2D eigenvalue weighted by Gasteiger charge is -2.58. The second-order valence-electron chi connectivity index (χ2n) is 11.3. The van der Waals surface area contributed by atoms with Crippen LogP contribution < -0.4 is 5.32 Å². The number of rotatable bonds is 7. The first kappa shape index (κ1) is 21.4. The van der Waals surface area contributed by atoms with Gasteiger partial charge >= 0.3 is 12.1 Å². The molecule has 1 heterocycles. The van der Waals surface area contributed by atoms with E-state index in [4.69, 9.17) is 4.74 Å². The SMILES string of the molecule is CC(C)(CC12CC3CC(CC(C3)C1)C2)OC(=O)NC(Cc1c[nH]c2ccccc12)C(=O)O. The topological polar surface area (TPSA) is 91.4 Å². The van der Waals surface area contributed by atoms with Gasteiger partial charge in [0.1, 0.15) is 11.6 Å². The molecule has 4 fully saturated rings. The molecule has 0 aliphatic heterocycles. The highest BCUT2D eigenvalue weighted by Crippen LogP contribution is 2.62. The van der Waals surface area contributed by atoms with Gasteiger partial charge in [-0.3, -0.25) is 0 Å². The highest BCUT2D eigenvalue weighted by molar-refractivity contribution is 5.85. The van der Waals surface area contributed by atoms with E-state index in [0.717, 1.165) is 40.6 Å². The summed E-state index contributed by atoms with van der Waals surface area (Å²) < 4.78 is 5.84. The van der Waals surface area contributed by atoms with E-state index >= 15 is 0 Å². The van der Waals surface area contributed by atoms with E-state index in [9.17, 15) is 14.7 Å². The van der Waals surface area contributed by atoms with Gasteiger partial charge in [0.25, 0.3) is 0 Å². The number of alkyl carbamates (subject to hydrolysis) is 1. The van der Waals surface area contributed by atoms with E-state index in [1.165, 1.54) is 38.5 Å². The highest BCUT2D eigenvalue weighted by atomic mass is 16.6. The average molecular weight is 439 g/mol. The van der Waals surface area contributed by atoms with Gasteiger partial charge in [-0.25, -0.2) is 9.59 Å². The maximum atomic E-state index is 12.7. The Bertz CT molecular complexity index is 988. The third-order valence-electron chi connectivity index (χ3n) is 8.02. The molecule has 4 bridgehead atoms. The number of carbonyl (C=O) groups is 2. The number of benzene rings is 1. The molecule has 1 unspecified atom stereocenters. The fourth-order valence-corrected chi connectivity index (χ4v) is 7.59. The second-order valence-corrected chi connectivity index (χ2v) is 11.3. The number of carboxylic acid groups (broad SMARTS) is 1. The lowest BCUT2D eigenvalue weighted by Crippen LogP contribution is -2.50. The van der Waals surface area contributed by atoms with E-state index in [-0.39, 0.29) is 11.8 Å². The summed E-state index contributed by atoms with van der Waals surface area (Å²) in [6.07, 6.45) is 10.1. The smallest absolute Gasteiger partial charge is 0.408 e. The first-order valence-corrected chi connectivity index (χ1v) is 12.0. The molecule has 2 aromatic rings. The van der Waals surface area contributed by atoms with E-state index in [2.05, 4.69) is 10.3 Å². The molecule has 1 aromatic heterocycles. The Morgan fingerprint density at radius 2 is 1.78 bits per heavy atom. The highest BCUT2D eigenvalue weighted by Gasteiger charge is 2.52. The van der Waals surface area contributed by atoms with E-state index < -0.39 is 23.7 Å². The van der Waals surface area contributed by atoms with Gasteiger partial charge in [0.2, 0.25) is 0 Å². The molecule has 4 saturated carbocycles. The minimum absolute atomic E-state index is 0.198. The zero-order valence-electron chi connectivity index (χ0n) is 19.0. The van der Waals surface area contributed by atoms with Gasteiger partial charge < -0.3 is 20.1 Å². The first-order chi connectivity index (χ1) is 15.2. The number of H-pyrrole nitrogens is 1. The van der Waals surface area contributed by atoms with Gasteiger partial charge in [0.05, 0.1) is 0 Å². The summed E-state index contributed by atoms with van der Waals surface area (Å²) in [5, 5.41) is 13.3. The van der Waals surface area contributed by atoms with Crippen molar-refractivity contribution in [2.75, 3.05) is 0 Å². The van der Waals surface area contributed by atoms with Crippen LogP contribution in [-0.4, -0.2) is 33.8 Å². The summed E-state index contributed by atoms with van der Waals surface area (Å²) in [5.41, 5.74) is 1.47. The van der Waals surface area contributed by atoms with Crippen molar-refractivity contribution >= 4 is 23.0 Å². The second kappa shape index (κ2) is 7.82. The zero-order chi connectivity index (χ0) is 22.5. The van der Waals surface area contributed by atoms with Crippen LogP contribution in [0.5, 0.6) is 0 Å². The van der Waals surface area contributed by atoms with Crippen LogP contribution in [0, 0.1) is 23.2 Å². The standard InChI is InChI=1S/C26H34N2O4/c1-25(2,15-26-11-16-7-17(12-26)9-18(8-16)13-26)32-24(31)28-22(23(29)30)10-19-14-27-21-6-4-3-5-20(19)21/h3-6,14,16-18,22,27H,7-13,15H2,1-2H3,(H,28,31)(H,29,30). The fourth-order valence-electron chi connectivity index (χ4n) is 7.59. The Balaban J connectivity index is 1.23. The van der Waals surface area contributed by atoms with Gasteiger partial charge in [0, 0.05) is 23.5 Å². The molecule has 1 amide bonds. The zero-order valence-corrected chi connectivity index (χ0v) is 19.0. The number of aromatic amines is 1. The molecule has 1 aromatic carbocycles. The van der Waals surface area contributed by atoms with Crippen molar-refractivity contribution in [2.45, 2.75) is 76.9 Å². The third kappa shape index (κ3) is 4.24. The Morgan fingerprint density at radius 1 is 1.16 bits per heavy atom. The summed E-state index contributed by atoms with van der Waals surface area (Å²) in [7, 11) is 0. The molecule has 4 aliphatic carbocycles. The number of carboxylic acids is 1. The van der Waals surface area contributed by atoms with Gasteiger partial charge in [-0.2, -0.15) is 0 Å². The van der Waals surface area contributed by atoms with Crippen molar-refractivity contribution < 1.29 is 19.4 Å². The van der Waals surface area contributed by atoms with Gasteiger partial charge in [-0.1, -0.05) is 18.2 Å². The average Bonchev–Trinajstić information content (AvgIpc) is 3.08. The Labute approximate surface area is 189 Å². The van der Waals surface area contributed by atoms with Crippen molar-refractivity contribution in [1.29, 1.82) is 0 Å². The maximum absolute atomic E-state index is 12.7. The molecule has 6 heteroatoms. The van der Waals surface area contributed by atoms with Crippen LogP contribution >= 0.6 is 0 Å². The summed E-state index contributed by atoms with van der Waals surface area (Å²) in [6, 6.07) is 6.70. The molecule has 0 radical (unpaired) electrons. The summed E-state index contributed by atoms with van der Waals surface area (Å²) in [4.78, 5) is 27.8. The van der Waals surface area contributed by atoms with Crippen molar-refractivity contribution in [3.63, 3.8) is 0 Å². The molecule has 0 spiro atoms. The van der Waals surface area contributed by atoms with Gasteiger partial charge in [0.15, 0.2) is 0 Å². The van der Waals surface area contributed by atoms with Crippen LogP contribution in [0.2, 0.25) is 0 Å². The molecule has 172 valence electrons. The van der Waals surface area contributed by atoms with E-state index in [1.807, 2.05) is 44.3 Å². The number of para-hydroxylation sites is 1. The molecule has 6 nitrogen and oxygen atoms in total. The third-order valence-corrected chi connectivity index (χ3v) is 8.02. The Morgan fingerprint density at radius 3 is 2.41 bits per heavy atom. The minimum atomic E-state index is -1.06. The molecule has 0 saturated heterocycles. The predicted octanol–water partition coefficient (Wildman–Crippen LogP) is 5.27. The lowest BCUT2D eigenvalue weighted by molar-refractivity contribution is -0.139. The van der Waals surface area contributed by atoms with Crippen molar-refractivity contribution in [2.24, 2.45) is 23.2 Å². The van der Waals surface area contributed by atoms with Crippen molar-refractivity contribution in [1.82, 2.24) is 10.3 Å². The molecular weight excluding hydrogens is 404 g/mol. The number of nitrogens with one attached hydrogen (secondary N) is 2. The number of ether oxygens (including phenoxy) is 1. The predicted molar refractivity (Wildman–Crippen MR) is 122 cm³/mol. The largest absolute Gasteiger partial charge is 0.480 e. The van der Waals surface area contributed by atoms with Gasteiger partial charge in [-0.15, -0.1) is 0 Å². The molecular formula is C26H34N2O4. The van der Waals surface area contributed by atoms with Crippen LogP contribution in [0.15, 0.2) is 30.5 Å². The van der Waals surface area contributed by atoms with Crippen LogP contribution in [0.4, 0.5) is 4.79 Å². The molecule has 32 heavy (non-hydrogen) atoms. The number of hydrogen-bond donors (Lipinski definition) is 3. The van der Waals surface area contributed by atoms with Gasteiger partial charge in [-0.05, 0) is 93.6 Å². The maximum Gasteiger partial charge on any atom is 0.408 e. The minimum Gasteiger partial charge on any atom is -0.480 e. The summed E-state index contributed by atoms with van der Waals surface area (Å²) in [6.45, 7) is 3.95. The number of carbonyl (C=O) groups excluding carboxylic acids is 1. The molecule has 1 atom stereocenters.